The Kier molecular flexibility index (Phi) is 2.06. The fourth-order valence-electron chi connectivity index (χ4n) is 2.05. The van der Waals surface area contributed by atoms with Crippen molar-refractivity contribution in [2.75, 3.05) is 0 Å². The third-order valence-electron chi connectivity index (χ3n) is 2.60. The molecular formula is C10H12BrNO. The van der Waals surface area contributed by atoms with Crippen molar-refractivity contribution < 1.29 is 4.79 Å². The van der Waals surface area contributed by atoms with Crippen LogP contribution in [0.5, 0.6) is 0 Å². The zero-order chi connectivity index (χ0) is 9.59. The van der Waals surface area contributed by atoms with Crippen LogP contribution in [0.2, 0.25) is 0 Å². The lowest BCUT2D eigenvalue weighted by molar-refractivity contribution is 0.0953. The number of aromatic amines is 1. The number of aryl methyl sites for hydroxylation is 1. The molecule has 0 radical (unpaired) electrons. The number of rotatable bonds is 0. The van der Waals surface area contributed by atoms with Gasteiger partial charge in [-0.3, -0.25) is 4.79 Å². The lowest BCUT2D eigenvalue weighted by Gasteiger charge is -2.17. The highest BCUT2D eigenvalue weighted by Gasteiger charge is 2.27. The number of H-pyrrole nitrogens is 1. The van der Waals surface area contributed by atoms with Crippen LogP contribution in [0.1, 0.15) is 35.0 Å². The Bertz CT molecular complexity index is 367. The fourth-order valence-corrected chi connectivity index (χ4v) is 2.70. The minimum Gasteiger partial charge on any atom is -0.353 e. The summed E-state index contributed by atoms with van der Waals surface area (Å²) in [7, 11) is 0. The molecule has 1 unspecified atom stereocenters. The van der Waals surface area contributed by atoms with Gasteiger partial charge in [-0.05, 0) is 40.8 Å². The molecule has 3 heteroatoms. The third-order valence-corrected chi connectivity index (χ3v) is 3.28. The van der Waals surface area contributed by atoms with Gasteiger partial charge in [-0.2, -0.15) is 0 Å². The number of carbonyl (C=O) groups excluding carboxylic acids is 1. The number of hydrogen-bond donors (Lipinski definition) is 1. The molecule has 13 heavy (non-hydrogen) atoms. The van der Waals surface area contributed by atoms with Crippen LogP contribution in [0.25, 0.3) is 0 Å². The van der Waals surface area contributed by atoms with Gasteiger partial charge in [0.1, 0.15) is 0 Å². The van der Waals surface area contributed by atoms with Crippen LogP contribution in [0, 0.1) is 12.8 Å². The van der Waals surface area contributed by atoms with E-state index in [2.05, 4.69) is 27.8 Å². The monoisotopic (exact) mass is 241 g/mol. The second-order valence-corrected chi connectivity index (χ2v) is 4.65. The van der Waals surface area contributed by atoms with Crippen molar-refractivity contribution in [1.82, 2.24) is 4.98 Å². The van der Waals surface area contributed by atoms with Gasteiger partial charge >= 0.3 is 0 Å². The van der Waals surface area contributed by atoms with Crippen molar-refractivity contribution in [2.45, 2.75) is 26.7 Å². The lowest BCUT2D eigenvalue weighted by Crippen LogP contribution is -2.17. The smallest absolute Gasteiger partial charge is 0.165 e. The molecule has 1 atom stereocenters. The molecule has 1 aliphatic rings. The number of fused-ring (bicyclic) bond motifs is 1. The van der Waals surface area contributed by atoms with Gasteiger partial charge in [0.2, 0.25) is 0 Å². The van der Waals surface area contributed by atoms with E-state index in [1.54, 1.807) is 0 Å². The number of halogens is 1. The van der Waals surface area contributed by atoms with Gasteiger partial charge in [0.25, 0.3) is 0 Å². The summed E-state index contributed by atoms with van der Waals surface area (Å²) in [5, 5.41) is 0. The molecule has 1 N–H and O–H groups in total. The van der Waals surface area contributed by atoms with Gasteiger partial charge in [-0.1, -0.05) is 6.92 Å². The molecule has 70 valence electrons. The van der Waals surface area contributed by atoms with E-state index in [4.69, 9.17) is 0 Å². The molecule has 2 nitrogen and oxygen atoms in total. The Hall–Kier alpha value is -0.570. The Morgan fingerprint density at radius 2 is 2.15 bits per heavy atom. The van der Waals surface area contributed by atoms with E-state index >= 15 is 0 Å². The largest absolute Gasteiger partial charge is 0.353 e. The minimum atomic E-state index is 0.285. The molecule has 1 heterocycles. The van der Waals surface area contributed by atoms with Gasteiger partial charge in [0.15, 0.2) is 5.78 Å². The van der Waals surface area contributed by atoms with Crippen molar-refractivity contribution in [3.63, 3.8) is 0 Å². The zero-order valence-corrected chi connectivity index (χ0v) is 9.36. The fraction of sp³-hybridized carbons (Fsp3) is 0.500. The zero-order valence-electron chi connectivity index (χ0n) is 7.78. The van der Waals surface area contributed by atoms with Crippen LogP contribution >= 0.6 is 15.9 Å². The average Bonchev–Trinajstić information content (AvgIpc) is 2.27. The van der Waals surface area contributed by atoms with E-state index < -0.39 is 0 Å². The summed E-state index contributed by atoms with van der Waals surface area (Å²) >= 11 is 3.45. The average molecular weight is 242 g/mol. The van der Waals surface area contributed by atoms with Crippen LogP contribution in [0.15, 0.2) is 4.60 Å². The second kappa shape index (κ2) is 2.98. The number of hydrogen-bond acceptors (Lipinski definition) is 1. The third kappa shape index (κ3) is 1.35. The summed E-state index contributed by atoms with van der Waals surface area (Å²) in [4.78, 5) is 14.9. The standard InChI is InChI=1S/C10H12BrNO/c1-5-3-7-9(8(13)4-5)6(2)12-10(7)11/h5,12H,3-4H2,1-2H3. The van der Waals surface area contributed by atoms with Gasteiger partial charge in [-0.15, -0.1) is 0 Å². The first-order chi connectivity index (χ1) is 6.09. The van der Waals surface area contributed by atoms with Crippen LogP contribution in [-0.4, -0.2) is 10.8 Å². The molecule has 0 fully saturated rings. The van der Waals surface area contributed by atoms with Crippen LogP contribution in [-0.2, 0) is 6.42 Å². The highest BCUT2D eigenvalue weighted by atomic mass is 79.9. The van der Waals surface area contributed by atoms with Crippen LogP contribution in [0.4, 0.5) is 0 Å². The number of aromatic nitrogens is 1. The normalized spacial score (nSPS) is 21.8. The highest BCUT2D eigenvalue weighted by Crippen LogP contribution is 2.32. The van der Waals surface area contributed by atoms with Crippen molar-refractivity contribution in [1.29, 1.82) is 0 Å². The van der Waals surface area contributed by atoms with Gasteiger partial charge in [0.05, 0.1) is 4.60 Å². The topological polar surface area (TPSA) is 32.9 Å². The van der Waals surface area contributed by atoms with Crippen LogP contribution < -0.4 is 0 Å². The van der Waals surface area contributed by atoms with Crippen LogP contribution in [0.3, 0.4) is 0 Å². The van der Waals surface area contributed by atoms with Gasteiger partial charge in [-0.25, -0.2) is 0 Å². The molecule has 0 aromatic carbocycles. The maximum absolute atomic E-state index is 11.7. The van der Waals surface area contributed by atoms with E-state index in [1.165, 1.54) is 5.56 Å². The molecule has 0 amide bonds. The number of Topliss-reactive ketones (excluding diaryl/α,β-unsaturated/α-hetero) is 1. The molecule has 1 aromatic heterocycles. The maximum atomic E-state index is 11.7. The highest BCUT2D eigenvalue weighted by molar-refractivity contribution is 9.10. The Balaban J connectivity index is 2.57. The summed E-state index contributed by atoms with van der Waals surface area (Å²) in [6.07, 6.45) is 1.70. The van der Waals surface area contributed by atoms with E-state index in [9.17, 15) is 4.79 Å². The van der Waals surface area contributed by atoms with Crippen molar-refractivity contribution >= 4 is 21.7 Å². The Labute approximate surface area is 85.9 Å². The summed E-state index contributed by atoms with van der Waals surface area (Å²) in [6.45, 7) is 4.08. The SMILES string of the molecule is Cc1[nH]c(Br)c2c1C(=O)CC(C)C2. The predicted octanol–water partition coefficient (Wildman–Crippen LogP) is 2.85. The van der Waals surface area contributed by atoms with Crippen molar-refractivity contribution in [3.05, 3.63) is 21.4 Å². The molecule has 0 bridgehead atoms. The first-order valence-electron chi connectivity index (χ1n) is 4.49. The molecule has 1 aromatic rings. The first-order valence-corrected chi connectivity index (χ1v) is 5.29. The number of ketones is 1. The molecule has 1 aliphatic carbocycles. The van der Waals surface area contributed by atoms with Gasteiger partial charge in [0, 0.05) is 17.7 Å². The van der Waals surface area contributed by atoms with E-state index in [1.807, 2.05) is 6.92 Å². The number of carbonyl (C=O) groups is 1. The maximum Gasteiger partial charge on any atom is 0.165 e. The van der Waals surface area contributed by atoms with E-state index in [0.29, 0.717) is 12.3 Å². The molecule has 0 saturated carbocycles. The van der Waals surface area contributed by atoms with E-state index in [-0.39, 0.29) is 5.78 Å². The number of nitrogens with one attached hydrogen (secondary N) is 1. The molecular weight excluding hydrogens is 230 g/mol. The second-order valence-electron chi connectivity index (χ2n) is 3.85. The molecule has 0 saturated heterocycles. The molecule has 0 aliphatic heterocycles. The van der Waals surface area contributed by atoms with Crippen molar-refractivity contribution in [3.8, 4) is 0 Å². The molecule has 2 rings (SSSR count). The first kappa shape index (κ1) is 9.00. The Morgan fingerprint density at radius 1 is 1.46 bits per heavy atom. The minimum absolute atomic E-state index is 0.285. The lowest BCUT2D eigenvalue weighted by atomic mass is 9.86. The summed E-state index contributed by atoms with van der Waals surface area (Å²) in [6, 6.07) is 0. The predicted molar refractivity (Wildman–Crippen MR) is 55.0 cm³/mol. The summed E-state index contributed by atoms with van der Waals surface area (Å²) in [5.74, 6) is 0.764. The Morgan fingerprint density at radius 3 is 2.85 bits per heavy atom. The summed E-state index contributed by atoms with van der Waals surface area (Å²) in [5.41, 5.74) is 3.09. The summed E-state index contributed by atoms with van der Waals surface area (Å²) < 4.78 is 0.986. The van der Waals surface area contributed by atoms with Gasteiger partial charge < -0.3 is 4.98 Å². The van der Waals surface area contributed by atoms with Crippen molar-refractivity contribution in [2.24, 2.45) is 5.92 Å². The molecule has 0 spiro atoms. The van der Waals surface area contributed by atoms with E-state index in [0.717, 1.165) is 22.3 Å². The quantitative estimate of drug-likeness (QED) is 0.745.